The summed E-state index contributed by atoms with van der Waals surface area (Å²) in [6, 6.07) is 11.3. The van der Waals surface area contributed by atoms with Gasteiger partial charge < -0.3 is 10.1 Å². The molecule has 1 N–H and O–H groups in total. The van der Waals surface area contributed by atoms with Crippen molar-refractivity contribution in [2.24, 2.45) is 0 Å². The normalized spacial score (nSPS) is 10.0. The number of hydrogen-bond acceptors (Lipinski definition) is 3. The van der Waals surface area contributed by atoms with Crippen LogP contribution in [0.3, 0.4) is 0 Å². The second kappa shape index (κ2) is 9.85. The van der Waals surface area contributed by atoms with Crippen molar-refractivity contribution in [2.45, 2.75) is 13.0 Å². The Morgan fingerprint density at radius 3 is 2.67 bits per heavy atom. The molecule has 21 heavy (non-hydrogen) atoms. The number of benzene rings is 1. The number of nitrogens with zero attached hydrogens (tertiary/aromatic N) is 1. The van der Waals surface area contributed by atoms with Gasteiger partial charge in [-0.3, -0.25) is 0 Å². The molecule has 0 radical (unpaired) electrons. The smallest absolute Gasteiger partial charge is 0.213 e. The standard InChI is InChI=1S/C15H16Cl2N2O.ClH/c16-13-6-5-12(10-14(13)17)11-18-7-3-9-20-15-4-1-2-8-19-15;/h1-2,4-6,8,10,18H,3,7,9,11H2;1H. The Morgan fingerprint density at radius 2 is 1.95 bits per heavy atom. The molecule has 6 heteroatoms. The summed E-state index contributed by atoms with van der Waals surface area (Å²) in [5.74, 6) is 0.664. The molecular weight excluding hydrogens is 331 g/mol. The zero-order valence-electron chi connectivity index (χ0n) is 11.4. The summed E-state index contributed by atoms with van der Waals surface area (Å²) in [4.78, 5) is 4.09. The van der Waals surface area contributed by atoms with Crippen LogP contribution in [0.25, 0.3) is 0 Å². The maximum Gasteiger partial charge on any atom is 0.213 e. The van der Waals surface area contributed by atoms with E-state index >= 15 is 0 Å². The minimum Gasteiger partial charge on any atom is -0.478 e. The molecule has 0 aliphatic carbocycles. The molecular formula is C15H17Cl3N2O. The van der Waals surface area contributed by atoms with Crippen LogP contribution in [0, 0.1) is 0 Å². The van der Waals surface area contributed by atoms with Crippen LogP contribution in [0.15, 0.2) is 42.6 Å². The number of ether oxygens (including phenoxy) is 1. The van der Waals surface area contributed by atoms with Gasteiger partial charge in [0.25, 0.3) is 0 Å². The van der Waals surface area contributed by atoms with Gasteiger partial charge in [-0.2, -0.15) is 0 Å². The van der Waals surface area contributed by atoms with E-state index in [1.54, 1.807) is 6.20 Å². The van der Waals surface area contributed by atoms with Gasteiger partial charge in [-0.05, 0) is 36.7 Å². The van der Waals surface area contributed by atoms with Crippen LogP contribution in [-0.2, 0) is 6.54 Å². The highest BCUT2D eigenvalue weighted by atomic mass is 35.5. The average Bonchev–Trinajstić information content (AvgIpc) is 2.47. The van der Waals surface area contributed by atoms with Crippen LogP contribution in [0.4, 0.5) is 0 Å². The number of halogens is 3. The molecule has 1 heterocycles. The Labute approximate surface area is 141 Å². The predicted octanol–water partition coefficient (Wildman–Crippen LogP) is 4.37. The van der Waals surface area contributed by atoms with E-state index in [1.807, 2.05) is 36.4 Å². The van der Waals surface area contributed by atoms with Crippen molar-refractivity contribution in [1.29, 1.82) is 0 Å². The van der Waals surface area contributed by atoms with E-state index in [0.29, 0.717) is 22.5 Å². The quantitative estimate of drug-likeness (QED) is 0.755. The van der Waals surface area contributed by atoms with E-state index in [2.05, 4.69) is 10.3 Å². The van der Waals surface area contributed by atoms with Gasteiger partial charge in [0, 0.05) is 18.8 Å². The first kappa shape index (κ1) is 18.1. The van der Waals surface area contributed by atoms with Crippen molar-refractivity contribution in [3.8, 4) is 5.88 Å². The molecule has 3 nitrogen and oxygen atoms in total. The van der Waals surface area contributed by atoms with Crippen molar-refractivity contribution in [2.75, 3.05) is 13.2 Å². The number of aromatic nitrogens is 1. The molecule has 0 atom stereocenters. The number of pyridine rings is 1. The first-order valence-corrected chi connectivity index (χ1v) is 7.20. The fourth-order valence-corrected chi connectivity index (χ4v) is 2.01. The lowest BCUT2D eigenvalue weighted by molar-refractivity contribution is 0.296. The van der Waals surface area contributed by atoms with Gasteiger partial charge in [0.05, 0.1) is 16.7 Å². The molecule has 0 bridgehead atoms. The third kappa shape index (κ3) is 6.53. The molecule has 0 amide bonds. The van der Waals surface area contributed by atoms with Gasteiger partial charge >= 0.3 is 0 Å². The number of rotatable bonds is 7. The van der Waals surface area contributed by atoms with E-state index in [9.17, 15) is 0 Å². The molecule has 0 unspecified atom stereocenters. The van der Waals surface area contributed by atoms with Crippen LogP contribution in [0.1, 0.15) is 12.0 Å². The van der Waals surface area contributed by atoms with Crippen molar-refractivity contribution in [3.63, 3.8) is 0 Å². The van der Waals surface area contributed by atoms with Gasteiger partial charge in [-0.15, -0.1) is 12.4 Å². The Hall–Kier alpha value is -1.00. The molecule has 0 saturated carbocycles. The van der Waals surface area contributed by atoms with Crippen LogP contribution >= 0.6 is 35.6 Å². The lowest BCUT2D eigenvalue weighted by Gasteiger charge is -2.07. The fourth-order valence-electron chi connectivity index (χ4n) is 1.69. The zero-order chi connectivity index (χ0) is 14.2. The Morgan fingerprint density at radius 1 is 1.10 bits per heavy atom. The highest BCUT2D eigenvalue weighted by Crippen LogP contribution is 2.22. The summed E-state index contributed by atoms with van der Waals surface area (Å²) in [5.41, 5.74) is 1.12. The molecule has 0 spiro atoms. The fraction of sp³-hybridized carbons (Fsp3) is 0.267. The van der Waals surface area contributed by atoms with Crippen LogP contribution in [-0.4, -0.2) is 18.1 Å². The third-order valence-corrected chi connectivity index (χ3v) is 3.44. The first-order chi connectivity index (χ1) is 9.75. The lowest BCUT2D eigenvalue weighted by atomic mass is 10.2. The topological polar surface area (TPSA) is 34.1 Å². The van der Waals surface area contributed by atoms with E-state index in [-0.39, 0.29) is 12.4 Å². The van der Waals surface area contributed by atoms with E-state index in [1.165, 1.54) is 0 Å². The lowest BCUT2D eigenvalue weighted by Crippen LogP contribution is -2.17. The summed E-state index contributed by atoms with van der Waals surface area (Å²) in [6.07, 6.45) is 2.63. The maximum absolute atomic E-state index is 5.96. The summed E-state index contributed by atoms with van der Waals surface area (Å²) in [5, 5.41) is 4.50. The number of hydrogen-bond donors (Lipinski definition) is 1. The SMILES string of the molecule is Cl.Clc1ccc(CNCCCOc2ccccn2)cc1Cl. The Bertz CT molecular complexity index is 538. The third-order valence-electron chi connectivity index (χ3n) is 2.70. The Kier molecular flexibility index (Phi) is 8.47. The largest absolute Gasteiger partial charge is 0.478 e. The Balaban J connectivity index is 0.00000220. The predicted molar refractivity (Wildman–Crippen MR) is 89.8 cm³/mol. The molecule has 0 aliphatic heterocycles. The molecule has 2 aromatic rings. The molecule has 114 valence electrons. The van der Waals surface area contributed by atoms with E-state index in [4.69, 9.17) is 27.9 Å². The maximum atomic E-state index is 5.96. The van der Waals surface area contributed by atoms with Gasteiger partial charge in [0.1, 0.15) is 0 Å². The molecule has 1 aromatic carbocycles. The highest BCUT2D eigenvalue weighted by Gasteiger charge is 1.99. The summed E-state index contributed by atoms with van der Waals surface area (Å²) < 4.78 is 5.50. The van der Waals surface area contributed by atoms with Crippen LogP contribution in [0.2, 0.25) is 10.0 Å². The van der Waals surface area contributed by atoms with Gasteiger partial charge in [0.2, 0.25) is 5.88 Å². The minimum atomic E-state index is 0. The average molecular weight is 348 g/mol. The van der Waals surface area contributed by atoms with Gasteiger partial charge in [0.15, 0.2) is 0 Å². The van der Waals surface area contributed by atoms with E-state index in [0.717, 1.165) is 25.1 Å². The minimum absolute atomic E-state index is 0. The zero-order valence-corrected chi connectivity index (χ0v) is 13.7. The highest BCUT2D eigenvalue weighted by molar-refractivity contribution is 6.42. The van der Waals surface area contributed by atoms with Crippen LogP contribution < -0.4 is 10.1 Å². The van der Waals surface area contributed by atoms with Gasteiger partial charge in [-0.1, -0.05) is 35.3 Å². The van der Waals surface area contributed by atoms with E-state index < -0.39 is 0 Å². The summed E-state index contributed by atoms with van der Waals surface area (Å²) >= 11 is 11.8. The first-order valence-electron chi connectivity index (χ1n) is 6.44. The van der Waals surface area contributed by atoms with Crippen LogP contribution in [0.5, 0.6) is 5.88 Å². The monoisotopic (exact) mass is 346 g/mol. The van der Waals surface area contributed by atoms with Crippen molar-refractivity contribution in [3.05, 3.63) is 58.2 Å². The molecule has 2 rings (SSSR count). The second-order valence-electron chi connectivity index (χ2n) is 4.30. The second-order valence-corrected chi connectivity index (χ2v) is 5.11. The summed E-state index contributed by atoms with van der Waals surface area (Å²) in [6.45, 7) is 2.28. The molecule has 0 aliphatic rings. The molecule has 1 aromatic heterocycles. The number of nitrogens with one attached hydrogen (secondary N) is 1. The van der Waals surface area contributed by atoms with Crippen molar-refractivity contribution >= 4 is 35.6 Å². The van der Waals surface area contributed by atoms with Gasteiger partial charge in [-0.25, -0.2) is 4.98 Å². The molecule has 0 saturated heterocycles. The van der Waals surface area contributed by atoms with Crippen molar-refractivity contribution in [1.82, 2.24) is 10.3 Å². The summed E-state index contributed by atoms with van der Waals surface area (Å²) in [7, 11) is 0. The van der Waals surface area contributed by atoms with Crippen molar-refractivity contribution < 1.29 is 4.74 Å². The molecule has 0 fully saturated rings.